The lowest BCUT2D eigenvalue weighted by atomic mass is 10.0. The average Bonchev–Trinajstić information content (AvgIpc) is 3.40. The Morgan fingerprint density at radius 3 is 2.36 bits per heavy atom. The van der Waals surface area contributed by atoms with Gasteiger partial charge in [-0.15, -0.1) is 0 Å². The predicted molar refractivity (Wildman–Crippen MR) is 174 cm³/mol. The molecule has 0 saturated carbocycles. The number of aromatic nitrogens is 2. The molecule has 1 amide bonds. The molecule has 1 aliphatic heterocycles. The number of aryl methyl sites for hydroxylation is 1. The first kappa shape index (κ1) is 31.6. The number of carbonyl (C=O) groups excluding carboxylic acids is 1. The lowest BCUT2D eigenvalue weighted by Gasteiger charge is -2.34. The van der Waals surface area contributed by atoms with Gasteiger partial charge >= 0.3 is 0 Å². The first-order chi connectivity index (χ1) is 20.2. The Morgan fingerprint density at radius 1 is 1.10 bits per heavy atom. The highest BCUT2D eigenvalue weighted by molar-refractivity contribution is 7.81. The van der Waals surface area contributed by atoms with E-state index in [4.69, 9.17) is 0 Å². The highest BCUT2D eigenvalue weighted by atomic mass is 32.2. The van der Waals surface area contributed by atoms with E-state index >= 15 is 0 Å². The smallest absolute Gasteiger partial charge is 0.251 e. The van der Waals surface area contributed by atoms with Crippen LogP contribution in [0.2, 0.25) is 0 Å². The van der Waals surface area contributed by atoms with Crippen molar-refractivity contribution in [2.24, 2.45) is 0 Å². The van der Waals surface area contributed by atoms with E-state index < -0.39 is 11.0 Å². The topological polar surface area (TPSA) is 70.5 Å². The first-order valence-corrected chi connectivity index (χ1v) is 16.1. The fourth-order valence-electron chi connectivity index (χ4n) is 5.14. The molecule has 1 N–H and O–H groups in total. The summed E-state index contributed by atoms with van der Waals surface area (Å²) in [7, 11) is 3.05. The third kappa shape index (κ3) is 7.94. The van der Waals surface area contributed by atoms with Gasteiger partial charge in [-0.25, -0.2) is 13.2 Å². The van der Waals surface area contributed by atoms with Gasteiger partial charge in [0.05, 0.1) is 34.3 Å². The van der Waals surface area contributed by atoms with Gasteiger partial charge in [0, 0.05) is 30.8 Å². The number of piperidine rings is 1. The van der Waals surface area contributed by atoms with Crippen molar-refractivity contribution in [3.8, 4) is 5.69 Å². The van der Waals surface area contributed by atoms with E-state index in [1.54, 1.807) is 6.20 Å². The Morgan fingerprint density at radius 2 is 1.74 bits per heavy atom. The van der Waals surface area contributed by atoms with E-state index in [0.29, 0.717) is 23.9 Å². The molecule has 7 nitrogen and oxygen atoms in total. The first-order valence-electron chi connectivity index (χ1n) is 14.8. The van der Waals surface area contributed by atoms with Crippen molar-refractivity contribution in [1.82, 2.24) is 24.3 Å². The molecule has 0 bridgehead atoms. The number of carbonyl (C=O) groups is 1. The molecule has 1 aromatic heterocycles. The number of allylic oxidation sites excluding steroid dienone is 2. The van der Waals surface area contributed by atoms with Crippen LogP contribution in [0.3, 0.4) is 0 Å². The summed E-state index contributed by atoms with van der Waals surface area (Å²) < 4.78 is 16.9. The van der Waals surface area contributed by atoms with Crippen molar-refractivity contribution in [3.05, 3.63) is 94.3 Å². The van der Waals surface area contributed by atoms with Gasteiger partial charge in [-0.2, -0.15) is 5.10 Å². The molecule has 2 heterocycles. The Hall–Kier alpha value is -3.33. The van der Waals surface area contributed by atoms with Gasteiger partial charge < -0.3 is 10.2 Å². The van der Waals surface area contributed by atoms with Crippen LogP contribution in [-0.4, -0.2) is 62.3 Å². The van der Waals surface area contributed by atoms with E-state index in [2.05, 4.69) is 61.3 Å². The molecular formula is C34H45N5O2S. The van der Waals surface area contributed by atoms with E-state index in [9.17, 15) is 9.00 Å². The molecule has 1 saturated heterocycles. The quantitative estimate of drug-likeness (QED) is 0.284. The summed E-state index contributed by atoms with van der Waals surface area (Å²) >= 11 is 0. The maximum Gasteiger partial charge on any atom is 0.251 e. The van der Waals surface area contributed by atoms with Gasteiger partial charge in [-0.05, 0) is 89.5 Å². The number of amides is 1. The molecule has 0 spiro atoms. The number of nitrogens with zero attached hydrogens (tertiary/aromatic N) is 4. The van der Waals surface area contributed by atoms with E-state index in [1.165, 1.54) is 11.1 Å². The summed E-state index contributed by atoms with van der Waals surface area (Å²) in [6.07, 6.45) is 8.76. The highest BCUT2D eigenvalue weighted by Crippen LogP contribution is 2.26. The summed E-state index contributed by atoms with van der Waals surface area (Å²) in [4.78, 5) is 15.7. The van der Waals surface area contributed by atoms with Crippen LogP contribution >= 0.6 is 0 Å². The molecule has 8 heteroatoms. The second-order valence-electron chi connectivity index (χ2n) is 11.3. The molecule has 3 aromatic rings. The molecule has 4 rings (SSSR count). The monoisotopic (exact) mass is 587 g/mol. The maximum absolute atomic E-state index is 13.4. The summed E-state index contributed by atoms with van der Waals surface area (Å²) in [5.41, 5.74) is 7.66. The molecule has 0 radical (unpaired) electrons. The van der Waals surface area contributed by atoms with Crippen molar-refractivity contribution in [2.75, 3.05) is 27.2 Å². The second kappa shape index (κ2) is 14.7. The van der Waals surface area contributed by atoms with Crippen LogP contribution in [0.25, 0.3) is 17.3 Å². The molecule has 1 fully saturated rings. The van der Waals surface area contributed by atoms with Gasteiger partial charge in [0.25, 0.3) is 5.91 Å². The van der Waals surface area contributed by atoms with Crippen molar-refractivity contribution < 1.29 is 9.00 Å². The minimum absolute atomic E-state index is 0.144. The largest absolute Gasteiger partial charge is 0.348 e. The van der Waals surface area contributed by atoms with Crippen LogP contribution in [0.5, 0.6) is 0 Å². The lowest BCUT2D eigenvalue weighted by molar-refractivity contribution is -0.115. The summed E-state index contributed by atoms with van der Waals surface area (Å²) in [5, 5.41) is 7.76. The molecule has 2 aromatic carbocycles. The van der Waals surface area contributed by atoms with Crippen LogP contribution < -0.4 is 5.32 Å². The standard InChI is InChI=1S/C34H45N5O2S/c1-7-25(3)21-33-32(23-36-39(33)30-15-9-26(4)10-16-30)31(8-2)34(40)35-22-27-11-13-28(14-12-27)24-42(41)38(6)29-17-19-37(5)20-18-29/h8-16,21,23,29H,7,17-20,22,24H2,1-6H3,(H,35,40)/b25-21+,31-8+. The van der Waals surface area contributed by atoms with Gasteiger partial charge in [0.15, 0.2) is 0 Å². The van der Waals surface area contributed by atoms with Crippen molar-refractivity contribution in [1.29, 1.82) is 0 Å². The van der Waals surface area contributed by atoms with Crippen LogP contribution in [0.4, 0.5) is 0 Å². The minimum Gasteiger partial charge on any atom is -0.348 e. The van der Waals surface area contributed by atoms with Gasteiger partial charge in [-0.1, -0.05) is 60.5 Å². The fraction of sp³-hybridized carbons (Fsp3) is 0.412. The number of rotatable bonds is 11. The average molecular weight is 588 g/mol. The molecule has 1 atom stereocenters. The van der Waals surface area contributed by atoms with Crippen LogP contribution in [0.1, 0.15) is 68.0 Å². The Balaban J connectivity index is 1.42. The maximum atomic E-state index is 13.4. The lowest BCUT2D eigenvalue weighted by Crippen LogP contribution is -2.42. The fourth-order valence-corrected chi connectivity index (χ4v) is 6.37. The van der Waals surface area contributed by atoms with Crippen LogP contribution in [0.15, 0.2) is 66.4 Å². The highest BCUT2D eigenvalue weighted by Gasteiger charge is 2.24. The van der Waals surface area contributed by atoms with Crippen molar-refractivity contribution in [3.63, 3.8) is 0 Å². The normalized spacial score (nSPS) is 16.2. The SMILES string of the molecule is C/C=C(/C(=O)NCc1ccc(CS(=O)N(C)C2CCN(C)CC2)cc1)c1cnn(-c2ccc(C)cc2)c1/C=C(\C)CC. The van der Waals surface area contributed by atoms with Crippen LogP contribution in [0, 0.1) is 6.92 Å². The van der Waals surface area contributed by atoms with Crippen LogP contribution in [-0.2, 0) is 28.1 Å². The number of hydrogen-bond acceptors (Lipinski definition) is 4. The van der Waals surface area contributed by atoms with Gasteiger partial charge in [0.1, 0.15) is 0 Å². The van der Waals surface area contributed by atoms with E-state index in [-0.39, 0.29) is 5.91 Å². The predicted octanol–water partition coefficient (Wildman–Crippen LogP) is 5.90. The molecule has 0 aliphatic carbocycles. The van der Waals surface area contributed by atoms with E-state index in [1.807, 2.05) is 65.4 Å². The number of nitrogens with one attached hydrogen (secondary N) is 1. The minimum atomic E-state index is -1.07. The van der Waals surface area contributed by atoms with Crippen molar-refractivity contribution in [2.45, 2.75) is 65.3 Å². The summed E-state index contributed by atoms with van der Waals surface area (Å²) in [6, 6.07) is 16.6. The van der Waals surface area contributed by atoms with Gasteiger partial charge in [0.2, 0.25) is 0 Å². The van der Waals surface area contributed by atoms with Gasteiger partial charge in [-0.3, -0.25) is 4.79 Å². The molecule has 1 aliphatic rings. The summed E-state index contributed by atoms with van der Waals surface area (Å²) in [6.45, 7) is 10.7. The third-order valence-electron chi connectivity index (χ3n) is 8.14. The zero-order chi connectivity index (χ0) is 30.2. The zero-order valence-corrected chi connectivity index (χ0v) is 26.7. The number of likely N-dealkylation sites (tertiary alicyclic amines) is 1. The molecule has 42 heavy (non-hydrogen) atoms. The third-order valence-corrected chi connectivity index (χ3v) is 9.66. The number of hydrogen-bond donors (Lipinski definition) is 1. The molecular weight excluding hydrogens is 542 g/mol. The Labute approximate surface area is 253 Å². The second-order valence-corrected chi connectivity index (χ2v) is 12.8. The Bertz CT molecular complexity index is 1430. The van der Waals surface area contributed by atoms with Crippen molar-refractivity contribution >= 4 is 28.5 Å². The number of benzene rings is 2. The molecule has 224 valence electrons. The van der Waals surface area contributed by atoms with E-state index in [0.717, 1.165) is 60.4 Å². The zero-order valence-electron chi connectivity index (χ0n) is 25.9. The summed E-state index contributed by atoms with van der Waals surface area (Å²) in [5.74, 6) is 0.353. The Kier molecular flexibility index (Phi) is 11.1. The molecule has 1 unspecified atom stereocenters.